The molecule has 5 rings (SSSR count). The lowest BCUT2D eigenvalue weighted by atomic mass is 9.92. The molecule has 3 N–H and O–H groups in total. The summed E-state index contributed by atoms with van der Waals surface area (Å²) in [5.41, 5.74) is 7.48. The van der Waals surface area contributed by atoms with Crippen LogP contribution in [0.25, 0.3) is 10.9 Å². The molecule has 186 valence electrons. The number of hydrogen-bond donors (Lipinski definition) is 2. The molecule has 0 radical (unpaired) electrons. The molecule has 1 aliphatic heterocycles. The van der Waals surface area contributed by atoms with Crippen LogP contribution in [-0.4, -0.2) is 23.1 Å². The standard InChI is InChI=1S/C27H31F2N3O3/c1-5-27(29)34-21-7-6-17(14-22(21)35-27)26(8-9-26)24(33)31-19-12-16-13-23(25(2,3)4)32(11-10-30)20(16)15-18(19)28/h6-7,12-15H,5,8-11,30H2,1-4H3,(H,31,33). The van der Waals surface area contributed by atoms with Crippen LogP contribution in [0.3, 0.4) is 0 Å². The summed E-state index contributed by atoms with van der Waals surface area (Å²) < 4.78 is 42.3. The van der Waals surface area contributed by atoms with Gasteiger partial charge >= 0.3 is 6.04 Å². The van der Waals surface area contributed by atoms with Crippen LogP contribution in [0.2, 0.25) is 0 Å². The zero-order chi connectivity index (χ0) is 25.2. The van der Waals surface area contributed by atoms with Crippen molar-refractivity contribution in [3.63, 3.8) is 0 Å². The number of hydrogen-bond acceptors (Lipinski definition) is 4. The molecule has 8 heteroatoms. The van der Waals surface area contributed by atoms with Gasteiger partial charge in [-0.3, -0.25) is 4.79 Å². The van der Waals surface area contributed by atoms with Gasteiger partial charge < -0.3 is 25.1 Å². The first-order valence-corrected chi connectivity index (χ1v) is 12.1. The van der Waals surface area contributed by atoms with E-state index in [2.05, 4.69) is 26.1 Å². The van der Waals surface area contributed by atoms with E-state index in [1.807, 2.05) is 10.6 Å². The van der Waals surface area contributed by atoms with E-state index < -0.39 is 17.3 Å². The van der Waals surface area contributed by atoms with Crippen LogP contribution in [0.1, 0.15) is 58.2 Å². The molecule has 0 saturated heterocycles. The van der Waals surface area contributed by atoms with E-state index in [1.54, 1.807) is 31.2 Å². The Morgan fingerprint density at radius 3 is 2.49 bits per heavy atom. The number of benzene rings is 2. The first-order valence-electron chi connectivity index (χ1n) is 12.1. The van der Waals surface area contributed by atoms with Gasteiger partial charge in [0.1, 0.15) is 5.82 Å². The third-order valence-corrected chi connectivity index (χ3v) is 6.99. The van der Waals surface area contributed by atoms with Crippen LogP contribution >= 0.6 is 0 Å². The SMILES string of the molecule is CCC1(F)Oc2ccc(C3(C(=O)Nc4cc5cc(C(C)(C)C)n(CCN)c5cc4F)CC3)cc2O1. The number of anilines is 1. The summed E-state index contributed by atoms with van der Waals surface area (Å²) in [6, 6.07) is 8.00. The number of aromatic nitrogens is 1. The van der Waals surface area contributed by atoms with Gasteiger partial charge in [-0.2, -0.15) is 4.39 Å². The Hall–Kier alpha value is -3.13. The number of nitrogens with zero attached hydrogens (tertiary/aromatic N) is 1. The maximum absolute atomic E-state index is 15.2. The van der Waals surface area contributed by atoms with E-state index >= 15 is 4.39 Å². The topological polar surface area (TPSA) is 78.5 Å². The Labute approximate surface area is 203 Å². The fourth-order valence-corrected chi connectivity index (χ4v) is 4.85. The average Bonchev–Trinajstić information content (AvgIpc) is 3.43. The second kappa shape index (κ2) is 7.95. The largest absolute Gasteiger partial charge is 0.423 e. The van der Waals surface area contributed by atoms with Gasteiger partial charge in [-0.25, -0.2) is 4.39 Å². The normalized spacial score (nSPS) is 20.3. The number of halogens is 2. The molecule has 1 aliphatic carbocycles. The van der Waals surface area contributed by atoms with Crippen molar-refractivity contribution in [2.75, 3.05) is 11.9 Å². The summed E-state index contributed by atoms with van der Waals surface area (Å²) in [4.78, 5) is 13.4. The molecule has 2 aliphatic rings. The van der Waals surface area contributed by atoms with Crippen molar-refractivity contribution in [2.45, 2.75) is 70.4 Å². The first kappa shape index (κ1) is 23.6. The molecule has 1 aromatic heterocycles. The molecule has 35 heavy (non-hydrogen) atoms. The number of alkyl halides is 1. The maximum Gasteiger partial charge on any atom is 0.407 e. The lowest BCUT2D eigenvalue weighted by Gasteiger charge is -2.21. The summed E-state index contributed by atoms with van der Waals surface area (Å²) in [7, 11) is 0. The predicted molar refractivity (Wildman–Crippen MR) is 131 cm³/mol. The Morgan fingerprint density at radius 1 is 1.14 bits per heavy atom. The lowest BCUT2D eigenvalue weighted by Crippen LogP contribution is -2.31. The molecule has 1 atom stereocenters. The van der Waals surface area contributed by atoms with Crippen LogP contribution in [0.4, 0.5) is 14.5 Å². The number of nitrogens with two attached hydrogens (primary N) is 1. The maximum atomic E-state index is 15.2. The molecule has 2 heterocycles. The minimum Gasteiger partial charge on any atom is -0.423 e. The van der Waals surface area contributed by atoms with Crippen LogP contribution in [0.5, 0.6) is 11.5 Å². The average molecular weight is 484 g/mol. The molecule has 1 unspecified atom stereocenters. The molecular formula is C27H31F2N3O3. The van der Waals surface area contributed by atoms with Gasteiger partial charge in [0.2, 0.25) is 5.91 Å². The van der Waals surface area contributed by atoms with Gasteiger partial charge in [0.15, 0.2) is 11.5 Å². The van der Waals surface area contributed by atoms with Crippen LogP contribution in [0, 0.1) is 5.82 Å². The summed E-state index contributed by atoms with van der Waals surface area (Å²) in [5.74, 6) is -0.222. The van der Waals surface area contributed by atoms with Crippen molar-refractivity contribution < 1.29 is 23.0 Å². The fraction of sp³-hybridized carbons (Fsp3) is 0.444. The number of carbonyl (C=O) groups excluding carboxylic acids is 1. The highest BCUT2D eigenvalue weighted by Crippen LogP contribution is 2.52. The minimum absolute atomic E-state index is 0.0360. The number of ether oxygens (including phenoxy) is 2. The molecule has 0 bridgehead atoms. The van der Waals surface area contributed by atoms with Gasteiger partial charge in [0.05, 0.1) is 23.0 Å². The van der Waals surface area contributed by atoms with Crippen molar-refractivity contribution in [2.24, 2.45) is 5.73 Å². The Balaban J connectivity index is 1.44. The first-order chi connectivity index (χ1) is 16.5. The second-order valence-electron chi connectivity index (χ2n) is 10.5. The van der Waals surface area contributed by atoms with Crippen molar-refractivity contribution >= 4 is 22.5 Å². The molecule has 3 aromatic rings. The van der Waals surface area contributed by atoms with Gasteiger partial charge in [-0.15, -0.1) is 0 Å². The van der Waals surface area contributed by atoms with Gasteiger partial charge in [-0.05, 0) is 42.7 Å². The van der Waals surface area contributed by atoms with Gasteiger partial charge in [0.25, 0.3) is 0 Å². The van der Waals surface area contributed by atoms with E-state index in [4.69, 9.17) is 15.2 Å². The number of nitrogens with one attached hydrogen (secondary N) is 1. The Bertz CT molecular complexity index is 1320. The number of fused-ring (bicyclic) bond motifs is 2. The Morgan fingerprint density at radius 2 is 1.86 bits per heavy atom. The van der Waals surface area contributed by atoms with E-state index in [0.29, 0.717) is 37.2 Å². The summed E-state index contributed by atoms with van der Waals surface area (Å²) >= 11 is 0. The molecule has 2 aromatic carbocycles. The van der Waals surface area contributed by atoms with Gasteiger partial charge in [-0.1, -0.05) is 33.8 Å². The third-order valence-electron chi connectivity index (χ3n) is 6.99. The van der Waals surface area contributed by atoms with Crippen LogP contribution < -0.4 is 20.5 Å². The zero-order valence-electron chi connectivity index (χ0n) is 20.5. The molecule has 1 fully saturated rings. The second-order valence-corrected chi connectivity index (χ2v) is 10.5. The highest BCUT2D eigenvalue weighted by molar-refractivity contribution is 6.02. The van der Waals surface area contributed by atoms with Crippen molar-refractivity contribution in [1.82, 2.24) is 4.57 Å². The monoisotopic (exact) mass is 483 g/mol. The highest BCUT2D eigenvalue weighted by atomic mass is 19.2. The summed E-state index contributed by atoms with van der Waals surface area (Å²) in [6.45, 7) is 8.94. The number of carbonyl (C=O) groups is 1. The quantitative estimate of drug-likeness (QED) is 0.485. The van der Waals surface area contributed by atoms with E-state index in [9.17, 15) is 9.18 Å². The van der Waals surface area contributed by atoms with E-state index in [1.165, 1.54) is 6.07 Å². The Kier molecular flexibility index (Phi) is 5.36. The fourth-order valence-electron chi connectivity index (χ4n) is 4.85. The lowest BCUT2D eigenvalue weighted by molar-refractivity contribution is -0.191. The third kappa shape index (κ3) is 3.93. The minimum atomic E-state index is -2.19. The van der Waals surface area contributed by atoms with Crippen molar-refractivity contribution in [3.8, 4) is 11.5 Å². The van der Waals surface area contributed by atoms with E-state index in [0.717, 1.165) is 16.6 Å². The van der Waals surface area contributed by atoms with Crippen LogP contribution in [0.15, 0.2) is 36.4 Å². The van der Waals surface area contributed by atoms with Crippen molar-refractivity contribution in [1.29, 1.82) is 0 Å². The summed E-state index contributed by atoms with van der Waals surface area (Å²) in [6.07, 6.45) is 1.25. The highest BCUT2D eigenvalue weighted by Gasteiger charge is 2.52. The van der Waals surface area contributed by atoms with Gasteiger partial charge in [0, 0.05) is 35.7 Å². The predicted octanol–water partition coefficient (Wildman–Crippen LogP) is 5.51. The molecular weight excluding hydrogens is 452 g/mol. The molecule has 6 nitrogen and oxygen atoms in total. The zero-order valence-corrected chi connectivity index (χ0v) is 20.5. The van der Waals surface area contributed by atoms with E-state index in [-0.39, 0.29) is 29.2 Å². The molecule has 0 spiro atoms. The number of amides is 1. The molecule has 1 amide bonds. The number of rotatable bonds is 6. The molecule has 1 saturated carbocycles. The van der Waals surface area contributed by atoms with Crippen molar-refractivity contribution in [3.05, 3.63) is 53.5 Å². The van der Waals surface area contributed by atoms with Crippen LogP contribution in [-0.2, 0) is 22.2 Å². The summed E-state index contributed by atoms with van der Waals surface area (Å²) in [5, 5.41) is 3.64. The smallest absolute Gasteiger partial charge is 0.407 e.